The molecule has 5 rings (SSSR count). The number of pyridine rings is 1. The summed E-state index contributed by atoms with van der Waals surface area (Å²) >= 11 is 0. The summed E-state index contributed by atoms with van der Waals surface area (Å²) in [5.41, 5.74) is 1.59. The average Bonchev–Trinajstić information content (AvgIpc) is 2.76. The Morgan fingerprint density at radius 2 is 1.90 bits per heavy atom. The minimum atomic E-state index is -0.189. The molecule has 0 amide bonds. The Labute approximate surface area is 183 Å². The van der Waals surface area contributed by atoms with Gasteiger partial charge < -0.3 is 9.64 Å². The number of likely N-dealkylation sites (tertiary alicyclic amines) is 1. The first-order valence-electron chi connectivity index (χ1n) is 11.5. The summed E-state index contributed by atoms with van der Waals surface area (Å²) in [5, 5.41) is 4.56. The lowest BCUT2D eigenvalue weighted by atomic mass is 9.89. The molecule has 31 heavy (non-hydrogen) atoms. The third kappa shape index (κ3) is 4.41. The highest BCUT2D eigenvalue weighted by atomic mass is 16.5. The van der Waals surface area contributed by atoms with Crippen molar-refractivity contribution in [3.63, 3.8) is 0 Å². The van der Waals surface area contributed by atoms with Gasteiger partial charge in [0, 0.05) is 37.3 Å². The molecule has 0 radical (unpaired) electrons. The van der Waals surface area contributed by atoms with Gasteiger partial charge in [-0.2, -0.15) is 9.78 Å². The van der Waals surface area contributed by atoms with Gasteiger partial charge in [-0.05, 0) is 49.5 Å². The molecule has 0 aromatic carbocycles. The van der Waals surface area contributed by atoms with Gasteiger partial charge in [-0.25, -0.2) is 4.98 Å². The molecular formula is C25H30N4O2. The first-order valence-corrected chi connectivity index (χ1v) is 11.5. The van der Waals surface area contributed by atoms with Crippen LogP contribution in [-0.2, 0) is 4.74 Å². The number of ether oxygens (including phenoxy) is 1. The third-order valence-electron chi connectivity index (χ3n) is 6.81. The van der Waals surface area contributed by atoms with Crippen molar-refractivity contribution in [1.82, 2.24) is 19.7 Å². The molecule has 2 aromatic heterocycles. The van der Waals surface area contributed by atoms with E-state index in [1.165, 1.54) is 37.0 Å². The number of aromatic nitrogens is 3. The molecule has 2 unspecified atom stereocenters. The molecule has 2 aromatic rings. The molecule has 3 aliphatic rings. The molecule has 2 fully saturated rings. The lowest BCUT2D eigenvalue weighted by molar-refractivity contribution is -0.0465. The quantitative estimate of drug-likeness (QED) is 0.742. The molecule has 3 heterocycles. The summed E-state index contributed by atoms with van der Waals surface area (Å²) in [7, 11) is 0. The standard InChI is InChI=1S/C25H30N4O2/c1-18-17-19(22-9-11-25(30)29(27-22)24-7-2-3-14-26-24)8-10-23(18)31-21-12-15-28(16-13-21)20-5-4-6-20/h2-3,7-11,14,17-18,20-21,23H,4-6,12-13,15-16H2,1H3. The highest BCUT2D eigenvalue weighted by Crippen LogP contribution is 2.30. The zero-order valence-electron chi connectivity index (χ0n) is 18.1. The van der Waals surface area contributed by atoms with Crippen LogP contribution in [0.15, 0.2) is 59.6 Å². The number of piperidine rings is 1. The van der Waals surface area contributed by atoms with E-state index in [-0.39, 0.29) is 17.6 Å². The molecule has 1 aliphatic heterocycles. The van der Waals surface area contributed by atoms with E-state index in [2.05, 4.69) is 40.1 Å². The van der Waals surface area contributed by atoms with Crippen molar-refractivity contribution in [2.24, 2.45) is 5.92 Å². The maximum absolute atomic E-state index is 12.3. The van der Waals surface area contributed by atoms with Crippen molar-refractivity contribution in [3.05, 3.63) is 70.8 Å². The van der Waals surface area contributed by atoms with Crippen molar-refractivity contribution in [2.75, 3.05) is 13.1 Å². The van der Waals surface area contributed by atoms with Crippen molar-refractivity contribution >= 4 is 5.57 Å². The van der Waals surface area contributed by atoms with Crippen LogP contribution in [0.3, 0.4) is 0 Å². The Hall–Kier alpha value is -2.57. The summed E-state index contributed by atoms with van der Waals surface area (Å²) < 4.78 is 7.83. The van der Waals surface area contributed by atoms with E-state index in [9.17, 15) is 4.79 Å². The summed E-state index contributed by atoms with van der Waals surface area (Å²) in [6.45, 7) is 4.52. The Morgan fingerprint density at radius 3 is 2.58 bits per heavy atom. The van der Waals surface area contributed by atoms with Crippen molar-refractivity contribution < 1.29 is 4.74 Å². The molecule has 0 N–H and O–H groups in total. The van der Waals surface area contributed by atoms with Gasteiger partial charge >= 0.3 is 0 Å². The van der Waals surface area contributed by atoms with Crippen molar-refractivity contribution in [1.29, 1.82) is 0 Å². The fourth-order valence-corrected chi connectivity index (χ4v) is 4.71. The SMILES string of the molecule is CC1C=C(c2ccc(=O)n(-c3ccccn3)n2)C=CC1OC1CCN(C2CCC2)CC1. The Kier molecular flexibility index (Phi) is 5.83. The normalized spacial score (nSPS) is 25.3. The topological polar surface area (TPSA) is 60.3 Å². The van der Waals surface area contributed by atoms with Crippen LogP contribution in [0.25, 0.3) is 11.4 Å². The predicted octanol–water partition coefficient (Wildman–Crippen LogP) is 3.62. The zero-order valence-corrected chi connectivity index (χ0v) is 18.1. The second-order valence-corrected chi connectivity index (χ2v) is 8.92. The Balaban J connectivity index is 1.24. The molecular weight excluding hydrogens is 388 g/mol. The van der Waals surface area contributed by atoms with E-state index >= 15 is 0 Å². The van der Waals surface area contributed by atoms with Crippen LogP contribution in [0.4, 0.5) is 0 Å². The van der Waals surface area contributed by atoms with Crippen LogP contribution < -0.4 is 5.56 Å². The van der Waals surface area contributed by atoms with Crippen LogP contribution in [0.5, 0.6) is 0 Å². The van der Waals surface area contributed by atoms with Crippen LogP contribution >= 0.6 is 0 Å². The van der Waals surface area contributed by atoms with Gasteiger partial charge in [-0.1, -0.05) is 37.6 Å². The van der Waals surface area contributed by atoms with Gasteiger partial charge in [-0.15, -0.1) is 0 Å². The number of rotatable bonds is 5. The monoisotopic (exact) mass is 418 g/mol. The fraction of sp³-hybridized carbons (Fsp3) is 0.480. The highest BCUT2D eigenvalue weighted by molar-refractivity contribution is 5.73. The van der Waals surface area contributed by atoms with E-state index < -0.39 is 0 Å². The third-order valence-corrected chi connectivity index (χ3v) is 6.81. The molecule has 0 bridgehead atoms. The maximum atomic E-state index is 12.3. The summed E-state index contributed by atoms with van der Waals surface area (Å²) in [4.78, 5) is 19.2. The van der Waals surface area contributed by atoms with Crippen LogP contribution in [0.2, 0.25) is 0 Å². The Bertz CT molecular complexity index is 1020. The first-order chi connectivity index (χ1) is 15.2. The zero-order chi connectivity index (χ0) is 21.2. The minimum Gasteiger partial charge on any atom is -0.370 e. The fourth-order valence-electron chi connectivity index (χ4n) is 4.71. The smallest absolute Gasteiger partial charge is 0.272 e. The molecule has 1 saturated heterocycles. The second kappa shape index (κ2) is 8.89. The predicted molar refractivity (Wildman–Crippen MR) is 121 cm³/mol. The van der Waals surface area contributed by atoms with E-state index in [1.807, 2.05) is 12.1 Å². The van der Waals surface area contributed by atoms with Gasteiger partial charge in [0.05, 0.1) is 17.9 Å². The van der Waals surface area contributed by atoms with E-state index in [1.54, 1.807) is 24.4 Å². The molecule has 1 saturated carbocycles. The average molecular weight is 419 g/mol. The number of nitrogens with zero attached hydrogens (tertiary/aromatic N) is 4. The number of allylic oxidation sites excluding steroid dienone is 2. The van der Waals surface area contributed by atoms with E-state index in [0.717, 1.165) is 30.2 Å². The van der Waals surface area contributed by atoms with Gasteiger partial charge in [0.15, 0.2) is 5.82 Å². The highest BCUT2D eigenvalue weighted by Gasteiger charge is 2.30. The summed E-state index contributed by atoms with van der Waals surface area (Å²) in [6.07, 6.45) is 14.9. The molecule has 6 heteroatoms. The van der Waals surface area contributed by atoms with Gasteiger partial charge in [0.25, 0.3) is 5.56 Å². The van der Waals surface area contributed by atoms with Crippen LogP contribution in [0.1, 0.15) is 44.7 Å². The van der Waals surface area contributed by atoms with Crippen LogP contribution in [-0.4, -0.2) is 51.0 Å². The summed E-state index contributed by atoms with van der Waals surface area (Å²) in [5.74, 6) is 0.777. The number of hydrogen-bond acceptors (Lipinski definition) is 5. The van der Waals surface area contributed by atoms with E-state index in [0.29, 0.717) is 11.9 Å². The lowest BCUT2D eigenvalue weighted by Gasteiger charge is -2.42. The summed E-state index contributed by atoms with van der Waals surface area (Å²) in [6, 6.07) is 9.62. The van der Waals surface area contributed by atoms with Crippen molar-refractivity contribution in [2.45, 2.75) is 57.3 Å². The van der Waals surface area contributed by atoms with Crippen LogP contribution in [0, 0.1) is 5.92 Å². The maximum Gasteiger partial charge on any atom is 0.272 e. The van der Waals surface area contributed by atoms with Gasteiger partial charge in [0.1, 0.15) is 0 Å². The first kappa shape index (κ1) is 20.3. The number of hydrogen-bond donors (Lipinski definition) is 0. The molecule has 162 valence electrons. The lowest BCUT2D eigenvalue weighted by Crippen LogP contribution is -2.47. The minimum absolute atomic E-state index is 0.0886. The second-order valence-electron chi connectivity index (χ2n) is 8.92. The largest absolute Gasteiger partial charge is 0.370 e. The molecule has 2 aliphatic carbocycles. The molecule has 6 nitrogen and oxygen atoms in total. The van der Waals surface area contributed by atoms with Gasteiger partial charge in [0.2, 0.25) is 0 Å². The molecule has 2 atom stereocenters. The van der Waals surface area contributed by atoms with E-state index in [4.69, 9.17) is 4.74 Å². The Morgan fingerprint density at radius 1 is 1.06 bits per heavy atom. The van der Waals surface area contributed by atoms with Gasteiger partial charge in [-0.3, -0.25) is 4.79 Å². The molecule has 0 spiro atoms. The van der Waals surface area contributed by atoms with Crippen molar-refractivity contribution in [3.8, 4) is 5.82 Å².